The van der Waals surface area contributed by atoms with Crippen molar-refractivity contribution in [2.75, 3.05) is 6.54 Å². The van der Waals surface area contributed by atoms with Gasteiger partial charge in [-0.15, -0.1) is 11.3 Å². The highest BCUT2D eigenvalue weighted by atomic mass is 32.1. The summed E-state index contributed by atoms with van der Waals surface area (Å²) in [4.78, 5) is 16.8. The lowest BCUT2D eigenvalue weighted by molar-refractivity contribution is 0.135. The van der Waals surface area contributed by atoms with Crippen LogP contribution < -0.4 is 0 Å². The van der Waals surface area contributed by atoms with Gasteiger partial charge in [-0.2, -0.15) is 0 Å². The molecule has 4 heterocycles. The fourth-order valence-electron chi connectivity index (χ4n) is 3.34. The molecular weight excluding hydrogens is 294 g/mol. The molecule has 0 aliphatic carbocycles. The van der Waals surface area contributed by atoms with Gasteiger partial charge in [-0.3, -0.25) is 9.30 Å². The molecule has 0 N–H and O–H groups in total. The van der Waals surface area contributed by atoms with Crippen molar-refractivity contribution in [3.05, 3.63) is 47.2 Å². The molecule has 3 aromatic rings. The number of thiazole rings is 1. The van der Waals surface area contributed by atoms with Crippen LogP contribution in [0.1, 0.15) is 42.4 Å². The molecule has 114 valence electrons. The Bertz CT molecular complexity index is 763. The normalized spacial score (nSPS) is 19.8. The Balaban J connectivity index is 1.65. The second-order valence-electron chi connectivity index (χ2n) is 5.82. The van der Waals surface area contributed by atoms with Crippen molar-refractivity contribution >= 4 is 16.3 Å². The quantitative estimate of drug-likeness (QED) is 0.745. The predicted molar refractivity (Wildman–Crippen MR) is 86.8 cm³/mol. The first-order valence-corrected chi connectivity index (χ1v) is 8.62. The van der Waals surface area contributed by atoms with Gasteiger partial charge < -0.3 is 0 Å². The van der Waals surface area contributed by atoms with E-state index in [1.165, 1.54) is 25.0 Å². The van der Waals surface area contributed by atoms with Gasteiger partial charge >= 0.3 is 0 Å². The van der Waals surface area contributed by atoms with Crippen LogP contribution in [0.25, 0.3) is 4.96 Å². The van der Waals surface area contributed by atoms with E-state index in [0.717, 1.165) is 29.4 Å². The monoisotopic (exact) mass is 313 g/mol. The van der Waals surface area contributed by atoms with E-state index in [1.807, 2.05) is 12.3 Å². The van der Waals surface area contributed by atoms with E-state index < -0.39 is 0 Å². The van der Waals surface area contributed by atoms with Gasteiger partial charge in [-0.1, -0.05) is 6.42 Å². The smallest absolute Gasteiger partial charge is 0.194 e. The first kappa shape index (κ1) is 13.8. The number of aryl methyl sites for hydroxylation is 1. The van der Waals surface area contributed by atoms with E-state index in [4.69, 9.17) is 0 Å². The van der Waals surface area contributed by atoms with E-state index in [0.29, 0.717) is 6.04 Å². The Morgan fingerprint density at radius 1 is 1.36 bits per heavy atom. The van der Waals surface area contributed by atoms with Gasteiger partial charge in [-0.25, -0.2) is 15.0 Å². The lowest BCUT2D eigenvalue weighted by atomic mass is 9.99. The zero-order valence-corrected chi connectivity index (χ0v) is 13.5. The molecular formula is C16H19N5S. The molecule has 0 amide bonds. The fraction of sp³-hybridized carbons (Fsp3) is 0.438. The molecule has 1 aliphatic rings. The summed E-state index contributed by atoms with van der Waals surface area (Å²) < 4.78 is 2.23. The van der Waals surface area contributed by atoms with Gasteiger partial charge in [0.1, 0.15) is 6.33 Å². The molecule has 0 aromatic carbocycles. The molecule has 0 spiro atoms. The molecule has 0 radical (unpaired) electrons. The van der Waals surface area contributed by atoms with Crippen LogP contribution >= 0.6 is 11.3 Å². The largest absolute Gasteiger partial charge is 0.293 e. The zero-order valence-electron chi connectivity index (χ0n) is 12.6. The molecule has 0 saturated carbocycles. The van der Waals surface area contributed by atoms with E-state index in [2.05, 4.69) is 42.8 Å². The first-order valence-electron chi connectivity index (χ1n) is 7.74. The summed E-state index contributed by atoms with van der Waals surface area (Å²) in [6.45, 7) is 4.16. The number of hydrogen-bond acceptors (Lipinski definition) is 5. The summed E-state index contributed by atoms with van der Waals surface area (Å²) in [5.41, 5.74) is 3.58. The maximum absolute atomic E-state index is 4.67. The van der Waals surface area contributed by atoms with Crippen LogP contribution in [-0.2, 0) is 6.54 Å². The van der Waals surface area contributed by atoms with Crippen LogP contribution in [0.5, 0.6) is 0 Å². The van der Waals surface area contributed by atoms with E-state index >= 15 is 0 Å². The number of hydrogen-bond donors (Lipinski definition) is 0. The van der Waals surface area contributed by atoms with Crippen LogP contribution in [0, 0.1) is 6.92 Å². The molecule has 1 unspecified atom stereocenters. The van der Waals surface area contributed by atoms with Crippen molar-refractivity contribution in [2.24, 2.45) is 0 Å². The number of aromatic nitrogens is 4. The number of fused-ring (bicyclic) bond motifs is 1. The molecule has 22 heavy (non-hydrogen) atoms. The minimum atomic E-state index is 0.389. The maximum Gasteiger partial charge on any atom is 0.194 e. The Kier molecular flexibility index (Phi) is 3.63. The Morgan fingerprint density at radius 3 is 3.18 bits per heavy atom. The Labute approximate surface area is 133 Å². The van der Waals surface area contributed by atoms with Crippen molar-refractivity contribution in [3.8, 4) is 0 Å². The predicted octanol–water partition coefficient (Wildman–Crippen LogP) is 3.22. The topological polar surface area (TPSA) is 46.3 Å². The van der Waals surface area contributed by atoms with Crippen LogP contribution in [-0.4, -0.2) is 30.8 Å². The molecule has 6 heteroatoms. The lowest BCUT2D eigenvalue weighted by Gasteiger charge is -2.35. The van der Waals surface area contributed by atoms with Crippen LogP contribution in [0.2, 0.25) is 0 Å². The van der Waals surface area contributed by atoms with Crippen LogP contribution in [0.4, 0.5) is 0 Å². The van der Waals surface area contributed by atoms with Crippen molar-refractivity contribution in [2.45, 2.75) is 38.8 Å². The average Bonchev–Trinajstić information content (AvgIpc) is 3.11. The van der Waals surface area contributed by atoms with Crippen molar-refractivity contribution < 1.29 is 0 Å². The molecule has 4 rings (SSSR count). The third kappa shape index (κ3) is 2.42. The summed E-state index contributed by atoms with van der Waals surface area (Å²) in [7, 11) is 0. The number of nitrogens with zero attached hydrogens (tertiary/aromatic N) is 5. The molecule has 5 nitrogen and oxygen atoms in total. The number of rotatable bonds is 3. The second-order valence-corrected chi connectivity index (χ2v) is 6.69. The highest BCUT2D eigenvalue weighted by Crippen LogP contribution is 2.31. The molecule has 3 aromatic heterocycles. The molecule has 0 bridgehead atoms. The van der Waals surface area contributed by atoms with Crippen LogP contribution in [0.3, 0.4) is 0 Å². The fourth-order valence-corrected chi connectivity index (χ4v) is 4.12. The molecule has 1 atom stereocenters. The number of piperidine rings is 1. The van der Waals surface area contributed by atoms with Gasteiger partial charge in [0.05, 0.1) is 23.1 Å². The second kappa shape index (κ2) is 5.78. The molecule has 1 aliphatic heterocycles. The number of imidazole rings is 1. The SMILES string of the molecule is Cc1nc2sccn2c1CN1CCCCC1c1ccncn1. The molecule has 1 fully saturated rings. The van der Waals surface area contributed by atoms with Gasteiger partial charge in [0.15, 0.2) is 4.96 Å². The summed E-state index contributed by atoms with van der Waals surface area (Å²) in [6, 6.07) is 2.44. The highest BCUT2D eigenvalue weighted by molar-refractivity contribution is 7.15. The summed E-state index contributed by atoms with van der Waals surface area (Å²) >= 11 is 1.69. The van der Waals surface area contributed by atoms with Gasteiger partial charge in [0.2, 0.25) is 0 Å². The van der Waals surface area contributed by atoms with E-state index in [-0.39, 0.29) is 0 Å². The minimum absolute atomic E-state index is 0.389. The number of likely N-dealkylation sites (tertiary alicyclic amines) is 1. The minimum Gasteiger partial charge on any atom is -0.293 e. The first-order chi connectivity index (χ1) is 10.8. The summed E-state index contributed by atoms with van der Waals surface area (Å²) in [6.07, 6.45) is 9.32. The third-order valence-corrected chi connectivity index (χ3v) is 5.23. The average molecular weight is 313 g/mol. The van der Waals surface area contributed by atoms with E-state index in [1.54, 1.807) is 17.7 Å². The van der Waals surface area contributed by atoms with Gasteiger partial charge in [-0.05, 0) is 32.4 Å². The Morgan fingerprint density at radius 2 is 2.32 bits per heavy atom. The van der Waals surface area contributed by atoms with Crippen molar-refractivity contribution in [1.82, 2.24) is 24.3 Å². The molecule has 1 saturated heterocycles. The van der Waals surface area contributed by atoms with Gasteiger partial charge in [0.25, 0.3) is 0 Å². The summed E-state index contributed by atoms with van der Waals surface area (Å²) in [5.74, 6) is 0. The van der Waals surface area contributed by atoms with Crippen molar-refractivity contribution in [3.63, 3.8) is 0 Å². The highest BCUT2D eigenvalue weighted by Gasteiger charge is 2.26. The summed E-state index contributed by atoms with van der Waals surface area (Å²) in [5, 5.41) is 2.10. The van der Waals surface area contributed by atoms with Gasteiger partial charge in [0, 0.05) is 24.3 Å². The lowest BCUT2D eigenvalue weighted by Crippen LogP contribution is -2.34. The van der Waals surface area contributed by atoms with Crippen molar-refractivity contribution in [1.29, 1.82) is 0 Å². The third-order valence-electron chi connectivity index (χ3n) is 4.47. The van der Waals surface area contributed by atoms with Crippen LogP contribution in [0.15, 0.2) is 30.2 Å². The standard InChI is InChI=1S/C16H19N5S/c1-12-15(21-8-9-22-16(21)19-12)10-20-7-3-2-4-14(20)13-5-6-17-11-18-13/h5-6,8-9,11,14H,2-4,7,10H2,1H3. The maximum atomic E-state index is 4.67. The zero-order chi connectivity index (χ0) is 14.9. The van der Waals surface area contributed by atoms with E-state index in [9.17, 15) is 0 Å². The Hall–Kier alpha value is -1.79.